The monoisotopic (exact) mass is 367 g/mol. The van der Waals surface area contributed by atoms with Gasteiger partial charge in [-0.2, -0.15) is 0 Å². The molecule has 0 bridgehead atoms. The minimum atomic E-state index is -0.645. The van der Waals surface area contributed by atoms with Gasteiger partial charge in [-0.1, -0.05) is 23.2 Å². The molecule has 0 saturated carbocycles. The maximum atomic E-state index is 12.9. The maximum absolute atomic E-state index is 12.9. The summed E-state index contributed by atoms with van der Waals surface area (Å²) in [5.74, 6) is -0.645. The fourth-order valence-electron chi connectivity index (χ4n) is 2.30. The summed E-state index contributed by atoms with van der Waals surface area (Å²) in [5, 5.41) is 5.86. The molecule has 2 aromatic rings. The first kappa shape index (κ1) is 16.5. The van der Waals surface area contributed by atoms with Gasteiger partial charge in [0.05, 0.1) is 17.3 Å². The van der Waals surface area contributed by atoms with Crippen LogP contribution >= 0.6 is 23.2 Å². The van der Waals surface area contributed by atoms with E-state index in [1.807, 2.05) is 0 Å². The molecule has 0 aromatic heterocycles. The quantitative estimate of drug-likeness (QED) is 0.813. The van der Waals surface area contributed by atoms with Gasteiger partial charge in [0.25, 0.3) is 5.91 Å². The molecule has 5 nitrogen and oxygen atoms in total. The zero-order chi connectivity index (χ0) is 17.3. The number of hydrogen-bond donors (Lipinski definition) is 2. The molecule has 0 spiro atoms. The average Bonchev–Trinajstić information content (AvgIpc) is 2.55. The van der Waals surface area contributed by atoms with Crippen molar-refractivity contribution in [3.05, 3.63) is 58.3 Å². The number of urea groups is 1. The summed E-state index contributed by atoms with van der Waals surface area (Å²) in [6.07, 6.45) is 0. The van der Waals surface area contributed by atoms with Crippen molar-refractivity contribution >= 4 is 46.5 Å². The van der Waals surface area contributed by atoms with Gasteiger partial charge in [0.1, 0.15) is 11.9 Å². The Morgan fingerprint density at radius 2 is 1.88 bits per heavy atom. The molecule has 1 fully saturated rings. The predicted molar refractivity (Wildman–Crippen MR) is 91.2 cm³/mol. The number of carbonyl (C=O) groups excluding carboxylic acids is 2. The van der Waals surface area contributed by atoms with Crippen molar-refractivity contribution in [3.63, 3.8) is 0 Å². The lowest BCUT2D eigenvalue weighted by atomic mass is 10.1. The van der Waals surface area contributed by atoms with Crippen molar-refractivity contribution < 1.29 is 14.0 Å². The van der Waals surface area contributed by atoms with Gasteiger partial charge in [0.2, 0.25) is 0 Å². The standard InChI is InChI=1S/C16H12Cl2FN3O2/c17-9-1-6-12(18)13(7-9)20-16(24)21-14-8-22(15(14)23)11-4-2-10(19)3-5-11/h1-7,14H,8H2,(H2,20,21,24)/t14-/m1/s1. The number of carbonyl (C=O) groups is 2. The molecule has 2 aromatic carbocycles. The predicted octanol–water partition coefficient (Wildman–Crippen LogP) is 3.67. The number of anilines is 2. The zero-order valence-corrected chi connectivity index (χ0v) is 13.7. The molecule has 8 heteroatoms. The van der Waals surface area contributed by atoms with Crippen LogP contribution in [0, 0.1) is 5.82 Å². The van der Waals surface area contributed by atoms with Crippen LogP contribution in [0.3, 0.4) is 0 Å². The third kappa shape index (κ3) is 3.44. The van der Waals surface area contributed by atoms with Gasteiger partial charge in [-0.3, -0.25) is 4.79 Å². The van der Waals surface area contributed by atoms with E-state index in [4.69, 9.17) is 23.2 Å². The van der Waals surface area contributed by atoms with Crippen molar-refractivity contribution in [1.29, 1.82) is 0 Å². The van der Waals surface area contributed by atoms with Gasteiger partial charge in [0.15, 0.2) is 0 Å². The Hall–Kier alpha value is -2.31. The van der Waals surface area contributed by atoms with Crippen LogP contribution in [0.15, 0.2) is 42.5 Å². The van der Waals surface area contributed by atoms with Crippen LogP contribution in [-0.4, -0.2) is 24.5 Å². The molecule has 1 aliphatic heterocycles. The molecule has 1 aliphatic rings. The zero-order valence-electron chi connectivity index (χ0n) is 12.2. The van der Waals surface area contributed by atoms with Gasteiger partial charge in [0, 0.05) is 10.7 Å². The Bertz CT molecular complexity index is 798. The number of halogens is 3. The molecule has 1 saturated heterocycles. The Morgan fingerprint density at radius 3 is 2.54 bits per heavy atom. The summed E-state index contributed by atoms with van der Waals surface area (Å²) in [4.78, 5) is 25.5. The lowest BCUT2D eigenvalue weighted by Gasteiger charge is -2.38. The van der Waals surface area contributed by atoms with Crippen LogP contribution in [0.2, 0.25) is 10.0 Å². The van der Waals surface area contributed by atoms with E-state index in [1.165, 1.54) is 35.2 Å². The molecule has 124 valence electrons. The summed E-state index contributed by atoms with van der Waals surface area (Å²) >= 11 is 11.8. The van der Waals surface area contributed by atoms with E-state index in [9.17, 15) is 14.0 Å². The molecular weight excluding hydrogens is 356 g/mol. The number of amides is 3. The van der Waals surface area contributed by atoms with Crippen molar-refractivity contribution in [1.82, 2.24) is 5.32 Å². The highest BCUT2D eigenvalue weighted by atomic mass is 35.5. The second kappa shape index (κ2) is 6.67. The number of nitrogens with one attached hydrogen (secondary N) is 2. The van der Waals surface area contributed by atoms with E-state index >= 15 is 0 Å². The van der Waals surface area contributed by atoms with Crippen molar-refractivity contribution in [2.24, 2.45) is 0 Å². The van der Waals surface area contributed by atoms with Crippen molar-refractivity contribution in [2.45, 2.75) is 6.04 Å². The molecule has 24 heavy (non-hydrogen) atoms. The van der Waals surface area contributed by atoms with Crippen molar-refractivity contribution in [3.8, 4) is 0 Å². The molecule has 0 radical (unpaired) electrons. The summed E-state index contributed by atoms with van der Waals surface area (Å²) in [6.45, 7) is 0.307. The molecule has 1 heterocycles. The normalized spacial score (nSPS) is 16.5. The van der Waals surface area contributed by atoms with E-state index in [-0.39, 0.29) is 11.7 Å². The highest BCUT2D eigenvalue weighted by Crippen LogP contribution is 2.26. The van der Waals surface area contributed by atoms with Crippen LogP contribution in [0.4, 0.5) is 20.6 Å². The van der Waals surface area contributed by atoms with Crippen LogP contribution in [0.1, 0.15) is 0 Å². The largest absolute Gasteiger partial charge is 0.324 e. The highest BCUT2D eigenvalue weighted by Gasteiger charge is 2.38. The molecule has 1 atom stereocenters. The van der Waals surface area contributed by atoms with Crippen LogP contribution in [-0.2, 0) is 4.79 Å². The minimum Gasteiger partial charge on any atom is -0.324 e. The van der Waals surface area contributed by atoms with Crippen LogP contribution < -0.4 is 15.5 Å². The molecule has 0 aliphatic carbocycles. The SMILES string of the molecule is O=C(Nc1cc(Cl)ccc1Cl)N[C@@H]1CN(c2ccc(F)cc2)C1=O. The molecule has 3 amide bonds. The van der Waals surface area contributed by atoms with E-state index in [1.54, 1.807) is 12.1 Å². The smallest absolute Gasteiger partial charge is 0.319 e. The number of benzene rings is 2. The number of nitrogens with zero attached hydrogens (tertiary/aromatic N) is 1. The third-order valence-corrected chi connectivity index (χ3v) is 4.11. The first-order chi connectivity index (χ1) is 11.4. The Morgan fingerprint density at radius 1 is 1.17 bits per heavy atom. The fourth-order valence-corrected chi connectivity index (χ4v) is 2.63. The first-order valence-corrected chi connectivity index (χ1v) is 7.79. The summed E-state index contributed by atoms with van der Waals surface area (Å²) in [7, 11) is 0. The van der Waals surface area contributed by atoms with Gasteiger partial charge in [-0.05, 0) is 42.5 Å². The Balaban J connectivity index is 1.58. The average molecular weight is 368 g/mol. The third-order valence-electron chi connectivity index (χ3n) is 3.55. The van der Waals surface area contributed by atoms with E-state index in [2.05, 4.69) is 10.6 Å². The maximum Gasteiger partial charge on any atom is 0.319 e. The lowest BCUT2D eigenvalue weighted by molar-refractivity contribution is -0.124. The second-order valence-corrected chi connectivity index (χ2v) is 6.04. The van der Waals surface area contributed by atoms with E-state index < -0.39 is 12.1 Å². The second-order valence-electron chi connectivity index (χ2n) is 5.20. The molecule has 3 rings (SSSR count). The Labute approximate surface area is 147 Å². The fraction of sp³-hybridized carbons (Fsp3) is 0.125. The summed E-state index contributed by atoms with van der Waals surface area (Å²) in [5.41, 5.74) is 0.932. The minimum absolute atomic E-state index is 0.269. The molecule has 0 unspecified atom stereocenters. The van der Waals surface area contributed by atoms with Crippen LogP contribution in [0.5, 0.6) is 0 Å². The lowest BCUT2D eigenvalue weighted by Crippen LogP contribution is -2.64. The van der Waals surface area contributed by atoms with E-state index in [0.717, 1.165) is 0 Å². The summed E-state index contributed by atoms with van der Waals surface area (Å²) in [6, 6.07) is 9.03. The van der Waals surface area contributed by atoms with E-state index in [0.29, 0.717) is 28.0 Å². The Kier molecular flexibility index (Phi) is 4.59. The number of rotatable bonds is 3. The van der Waals surface area contributed by atoms with Crippen LogP contribution in [0.25, 0.3) is 0 Å². The summed E-state index contributed by atoms with van der Waals surface area (Å²) < 4.78 is 12.9. The van der Waals surface area contributed by atoms with Gasteiger partial charge < -0.3 is 15.5 Å². The van der Waals surface area contributed by atoms with Gasteiger partial charge >= 0.3 is 6.03 Å². The topological polar surface area (TPSA) is 61.4 Å². The molecular formula is C16H12Cl2FN3O2. The molecule has 2 N–H and O–H groups in total. The van der Waals surface area contributed by atoms with Crippen molar-refractivity contribution in [2.75, 3.05) is 16.8 Å². The number of hydrogen-bond acceptors (Lipinski definition) is 2. The first-order valence-electron chi connectivity index (χ1n) is 7.03. The van der Waals surface area contributed by atoms with Gasteiger partial charge in [-0.15, -0.1) is 0 Å². The highest BCUT2D eigenvalue weighted by molar-refractivity contribution is 6.35. The number of β-lactam (4-membered cyclic amide) rings is 1. The van der Waals surface area contributed by atoms with Gasteiger partial charge in [-0.25, -0.2) is 9.18 Å².